The highest BCUT2D eigenvalue weighted by molar-refractivity contribution is 9.10. The summed E-state index contributed by atoms with van der Waals surface area (Å²) in [6.07, 6.45) is 3.29. The number of unbranched alkanes of at least 4 members (excludes halogenated alkanes) is 3. The largest absolute Gasteiger partial charge is 0.481 e. The topological polar surface area (TPSA) is 66.4 Å². The zero-order valence-corrected chi connectivity index (χ0v) is 12.6. The number of carbonyl (C=O) groups is 2. The Hall–Kier alpha value is -1.43. The SMILES string of the molecule is O=C(O)CCCCCCNC(=O)c1cc(F)ccc1Br. The molecule has 1 aromatic carbocycles. The number of carboxylic acid groups (broad SMARTS) is 1. The van der Waals surface area contributed by atoms with Gasteiger partial charge in [-0.05, 0) is 47.0 Å². The number of carbonyl (C=O) groups excluding carboxylic acids is 1. The van der Waals surface area contributed by atoms with Crippen LogP contribution in [0.15, 0.2) is 22.7 Å². The van der Waals surface area contributed by atoms with E-state index in [9.17, 15) is 14.0 Å². The molecule has 0 aliphatic carbocycles. The lowest BCUT2D eigenvalue weighted by Gasteiger charge is -2.07. The van der Waals surface area contributed by atoms with Gasteiger partial charge in [-0.2, -0.15) is 0 Å². The van der Waals surface area contributed by atoms with Gasteiger partial charge in [-0.25, -0.2) is 4.39 Å². The molecule has 0 bridgehead atoms. The fourth-order valence-electron chi connectivity index (χ4n) is 1.72. The molecule has 1 aromatic rings. The summed E-state index contributed by atoms with van der Waals surface area (Å²) < 4.78 is 13.6. The van der Waals surface area contributed by atoms with E-state index in [1.165, 1.54) is 18.2 Å². The molecule has 1 amide bonds. The lowest BCUT2D eigenvalue weighted by Crippen LogP contribution is -2.24. The number of benzene rings is 1. The maximum absolute atomic E-state index is 13.1. The molecule has 0 aliphatic heterocycles. The Morgan fingerprint density at radius 1 is 1.20 bits per heavy atom. The number of hydrogen-bond donors (Lipinski definition) is 2. The van der Waals surface area contributed by atoms with Crippen molar-refractivity contribution in [1.29, 1.82) is 0 Å². The van der Waals surface area contributed by atoms with E-state index in [0.717, 1.165) is 19.3 Å². The van der Waals surface area contributed by atoms with Gasteiger partial charge in [0.2, 0.25) is 0 Å². The number of amides is 1. The van der Waals surface area contributed by atoms with Crippen LogP contribution in [0.5, 0.6) is 0 Å². The number of nitrogens with one attached hydrogen (secondary N) is 1. The average Bonchev–Trinajstić information content (AvgIpc) is 2.39. The van der Waals surface area contributed by atoms with Crippen molar-refractivity contribution in [3.63, 3.8) is 0 Å². The van der Waals surface area contributed by atoms with Crippen molar-refractivity contribution in [2.45, 2.75) is 32.1 Å². The van der Waals surface area contributed by atoms with Crippen LogP contribution in [0.3, 0.4) is 0 Å². The predicted octanol–water partition coefficient (Wildman–Crippen LogP) is 3.35. The van der Waals surface area contributed by atoms with Crippen molar-refractivity contribution < 1.29 is 19.1 Å². The van der Waals surface area contributed by atoms with Crippen molar-refractivity contribution in [3.8, 4) is 0 Å². The Morgan fingerprint density at radius 2 is 1.90 bits per heavy atom. The smallest absolute Gasteiger partial charge is 0.303 e. The summed E-state index contributed by atoms with van der Waals surface area (Å²) in [7, 11) is 0. The Bertz CT molecular complexity index is 479. The van der Waals surface area contributed by atoms with Crippen LogP contribution in [-0.4, -0.2) is 23.5 Å². The van der Waals surface area contributed by atoms with Gasteiger partial charge < -0.3 is 10.4 Å². The zero-order chi connectivity index (χ0) is 15.0. The fraction of sp³-hybridized carbons (Fsp3) is 0.429. The Kier molecular flexibility index (Phi) is 7.22. The first-order chi connectivity index (χ1) is 9.50. The lowest BCUT2D eigenvalue weighted by molar-refractivity contribution is -0.137. The monoisotopic (exact) mass is 345 g/mol. The second-order valence-electron chi connectivity index (χ2n) is 4.44. The van der Waals surface area contributed by atoms with Crippen LogP contribution in [0.4, 0.5) is 4.39 Å². The number of rotatable bonds is 8. The standard InChI is InChI=1S/C14H17BrFNO3/c15-12-7-6-10(16)9-11(12)14(20)17-8-4-2-1-3-5-13(18)19/h6-7,9H,1-5,8H2,(H,17,20)(H,18,19). The molecule has 2 N–H and O–H groups in total. The van der Waals surface area contributed by atoms with Gasteiger partial charge in [0, 0.05) is 17.4 Å². The van der Waals surface area contributed by atoms with E-state index in [4.69, 9.17) is 5.11 Å². The fourth-order valence-corrected chi connectivity index (χ4v) is 2.15. The Morgan fingerprint density at radius 3 is 2.60 bits per heavy atom. The van der Waals surface area contributed by atoms with E-state index in [0.29, 0.717) is 17.4 Å². The molecule has 0 radical (unpaired) electrons. The third-order valence-corrected chi connectivity index (χ3v) is 3.47. The van der Waals surface area contributed by atoms with Crippen LogP contribution < -0.4 is 5.32 Å². The molecule has 1 rings (SSSR count). The Balaban J connectivity index is 2.23. The minimum atomic E-state index is -0.783. The minimum Gasteiger partial charge on any atom is -0.481 e. The van der Waals surface area contributed by atoms with Gasteiger partial charge in [-0.3, -0.25) is 9.59 Å². The highest BCUT2D eigenvalue weighted by atomic mass is 79.9. The predicted molar refractivity (Wildman–Crippen MR) is 77.2 cm³/mol. The molecule has 110 valence electrons. The summed E-state index contributed by atoms with van der Waals surface area (Å²) in [5.41, 5.74) is 0.274. The second kappa shape index (κ2) is 8.68. The van der Waals surface area contributed by atoms with Crippen molar-refractivity contribution in [1.82, 2.24) is 5.32 Å². The molecular weight excluding hydrogens is 329 g/mol. The van der Waals surface area contributed by atoms with Gasteiger partial charge in [0.25, 0.3) is 5.91 Å². The van der Waals surface area contributed by atoms with Gasteiger partial charge in [0.05, 0.1) is 5.56 Å². The quantitative estimate of drug-likeness (QED) is 0.710. The third-order valence-electron chi connectivity index (χ3n) is 2.78. The molecule has 0 saturated heterocycles. The van der Waals surface area contributed by atoms with E-state index in [1.54, 1.807) is 0 Å². The molecule has 0 aromatic heterocycles. The van der Waals surface area contributed by atoms with Gasteiger partial charge in [0.1, 0.15) is 5.82 Å². The van der Waals surface area contributed by atoms with Crippen molar-refractivity contribution in [2.75, 3.05) is 6.54 Å². The van der Waals surface area contributed by atoms with Crippen LogP contribution in [-0.2, 0) is 4.79 Å². The van der Waals surface area contributed by atoms with Gasteiger partial charge in [-0.1, -0.05) is 12.8 Å². The number of hydrogen-bond acceptors (Lipinski definition) is 2. The number of aliphatic carboxylic acids is 1. The summed E-state index contributed by atoms with van der Waals surface area (Å²) in [6.45, 7) is 0.495. The molecule has 0 atom stereocenters. The normalized spacial score (nSPS) is 10.3. The minimum absolute atomic E-state index is 0.183. The highest BCUT2D eigenvalue weighted by Crippen LogP contribution is 2.17. The van der Waals surface area contributed by atoms with Crippen molar-refractivity contribution >= 4 is 27.8 Å². The first-order valence-electron chi connectivity index (χ1n) is 6.45. The van der Waals surface area contributed by atoms with E-state index < -0.39 is 11.8 Å². The van der Waals surface area contributed by atoms with Crippen LogP contribution in [0.1, 0.15) is 42.5 Å². The van der Waals surface area contributed by atoms with Crippen molar-refractivity contribution in [3.05, 3.63) is 34.1 Å². The van der Waals surface area contributed by atoms with Crippen LogP contribution in [0, 0.1) is 5.82 Å². The molecule has 6 heteroatoms. The van der Waals surface area contributed by atoms with Crippen LogP contribution in [0.2, 0.25) is 0 Å². The molecule has 0 saturated carbocycles. The summed E-state index contributed by atoms with van der Waals surface area (Å²) in [5, 5.41) is 11.2. The first-order valence-corrected chi connectivity index (χ1v) is 7.25. The number of halogens is 2. The van der Waals surface area contributed by atoms with Gasteiger partial charge >= 0.3 is 5.97 Å². The van der Waals surface area contributed by atoms with E-state index in [-0.39, 0.29) is 17.9 Å². The summed E-state index contributed by atoms with van der Waals surface area (Å²) in [4.78, 5) is 22.1. The Labute approximate surface area is 125 Å². The molecule has 0 aliphatic rings. The summed E-state index contributed by atoms with van der Waals surface area (Å²) in [6, 6.07) is 3.96. The molecular formula is C14H17BrFNO3. The van der Waals surface area contributed by atoms with Crippen molar-refractivity contribution in [2.24, 2.45) is 0 Å². The van der Waals surface area contributed by atoms with Crippen LogP contribution in [0.25, 0.3) is 0 Å². The molecule has 0 spiro atoms. The highest BCUT2D eigenvalue weighted by Gasteiger charge is 2.10. The average molecular weight is 346 g/mol. The first kappa shape index (κ1) is 16.6. The van der Waals surface area contributed by atoms with E-state index in [1.807, 2.05) is 0 Å². The molecule has 20 heavy (non-hydrogen) atoms. The summed E-state index contributed by atoms with van der Waals surface area (Å²) >= 11 is 3.20. The van der Waals surface area contributed by atoms with E-state index in [2.05, 4.69) is 21.2 Å². The van der Waals surface area contributed by atoms with Gasteiger partial charge in [0.15, 0.2) is 0 Å². The lowest BCUT2D eigenvalue weighted by atomic mass is 10.1. The maximum Gasteiger partial charge on any atom is 0.303 e. The van der Waals surface area contributed by atoms with Crippen LogP contribution >= 0.6 is 15.9 Å². The molecule has 0 heterocycles. The molecule has 0 unspecified atom stereocenters. The van der Waals surface area contributed by atoms with E-state index >= 15 is 0 Å². The van der Waals surface area contributed by atoms with Gasteiger partial charge in [-0.15, -0.1) is 0 Å². The maximum atomic E-state index is 13.1. The zero-order valence-electron chi connectivity index (χ0n) is 11.0. The molecule has 4 nitrogen and oxygen atoms in total. The number of carboxylic acids is 1. The molecule has 0 fully saturated rings. The third kappa shape index (κ3) is 6.14. The second-order valence-corrected chi connectivity index (χ2v) is 5.29. The summed E-state index contributed by atoms with van der Waals surface area (Å²) in [5.74, 6) is -1.55.